The van der Waals surface area contributed by atoms with E-state index >= 15 is 0 Å². The first-order valence-electron chi connectivity index (χ1n) is 6.43. The lowest BCUT2D eigenvalue weighted by atomic mass is 10.1. The van der Waals surface area contributed by atoms with Crippen molar-refractivity contribution in [2.45, 2.75) is 32.4 Å². The zero-order valence-corrected chi connectivity index (χ0v) is 12.0. The highest BCUT2D eigenvalue weighted by Crippen LogP contribution is 2.18. The third-order valence-electron chi connectivity index (χ3n) is 3.46. The number of anilines is 2. The van der Waals surface area contributed by atoms with Crippen LogP contribution in [0, 0.1) is 0 Å². The Morgan fingerprint density at radius 3 is 2.50 bits per heavy atom. The van der Waals surface area contributed by atoms with Gasteiger partial charge in [0.15, 0.2) is 0 Å². The minimum Gasteiger partial charge on any atom is -0.383 e. The van der Waals surface area contributed by atoms with Crippen LogP contribution >= 0.6 is 0 Å². The van der Waals surface area contributed by atoms with Gasteiger partial charge in [0.25, 0.3) is 5.56 Å². The van der Waals surface area contributed by atoms with Crippen LogP contribution in [0.2, 0.25) is 0 Å². The van der Waals surface area contributed by atoms with Gasteiger partial charge in [-0.3, -0.25) is 14.3 Å². The van der Waals surface area contributed by atoms with Crippen LogP contribution in [0.15, 0.2) is 9.59 Å². The molecule has 0 atom stereocenters. The maximum atomic E-state index is 11.8. The lowest BCUT2D eigenvalue weighted by Crippen LogP contribution is -2.38. The van der Waals surface area contributed by atoms with E-state index < -0.39 is 21.1 Å². The molecule has 0 spiro atoms. The molecule has 0 bridgehead atoms. The van der Waals surface area contributed by atoms with E-state index in [1.54, 1.807) is 6.92 Å². The second kappa shape index (κ2) is 5.31. The number of rotatable bonds is 3. The van der Waals surface area contributed by atoms with Crippen molar-refractivity contribution in [1.82, 2.24) is 9.55 Å². The molecular formula is C11H18N4O4S. The summed E-state index contributed by atoms with van der Waals surface area (Å²) in [5, 5.41) is 2.96. The molecule has 9 heteroatoms. The second-order valence-electron chi connectivity index (χ2n) is 4.83. The summed E-state index contributed by atoms with van der Waals surface area (Å²) >= 11 is 0. The van der Waals surface area contributed by atoms with Crippen molar-refractivity contribution >= 4 is 21.3 Å². The summed E-state index contributed by atoms with van der Waals surface area (Å²) < 4.78 is 24.0. The molecule has 2 heterocycles. The first-order valence-corrected chi connectivity index (χ1v) is 8.25. The number of nitrogens with one attached hydrogen (secondary N) is 2. The van der Waals surface area contributed by atoms with Gasteiger partial charge < -0.3 is 11.1 Å². The molecule has 4 N–H and O–H groups in total. The summed E-state index contributed by atoms with van der Waals surface area (Å²) in [4.78, 5) is 25.5. The van der Waals surface area contributed by atoms with Crippen molar-refractivity contribution in [2.75, 3.05) is 22.6 Å². The number of sulfone groups is 1. The highest BCUT2D eigenvalue weighted by Gasteiger charge is 2.25. The van der Waals surface area contributed by atoms with E-state index in [2.05, 4.69) is 10.3 Å². The topological polar surface area (TPSA) is 127 Å². The van der Waals surface area contributed by atoms with Crippen LogP contribution in [-0.2, 0) is 16.4 Å². The van der Waals surface area contributed by atoms with Crippen molar-refractivity contribution in [1.29, 1.82) is 0 Å². The third kappa shape index (κ3) is 2.87. The second-order valence-corrected chi connectivity index (χ2v) is 7.14. The predicted molar refractivity (Wildman–Crippen MR) is 76.7 cm³/mol. The van der Waals surface area contributed by atoms with Gasteiger partial charge in [-0.2, -0.15) is 0 Å². The van der Waals surface area contributed by atoms with Gasteiger partial charge in [-0.15, -0.1) is 0 Å². The van der Waals surface area contributed by atoms with Gasteiger partial charge in [-0.05, 0) is 19.8 Å². The Bertz CT molecular complexity index is 705. The zero-order valence-electron chi connectivity index (χ0n) is 11.2. The minimum atomic E-state index is -2.96. The van der Waals surface area contributed by atoms with Crippen LogP contribution in [0.1, 0.15) is 19.8 Å². The predicted octanol–water partition coefficient (Wildman–Crippen LogP) is -0.872. The van der Waals surface area contributed by atoms with Crippen molar-refractivity contribution < 1.29 is 8.42 Å². The molecule has 1 aromatic rings. The molecule has 0 aromatic carbocycles. The molecule has 1 aromatic heterocycles. The van der Waals surface area contributed by atoms with E-state index in [0.29, 0.717) is 19.4 Å². The Morgan fingerprint density at radius 2 is 1.95 bits per heavy atom. The summed E-state index contributed by atoms with van der Waals surface area (Å²) in [6.45, 7) is 2.09. The van der Waals surface area contributed by atoms with Crippen molar-refractivity contribution in [3.05, 3.63) is 20.8 Å². The van der Waals surface area contributed by atoms with Crippen LogP contribution in [-0.4, -0.2) is 35.5 Å². The summed E-state index contributed by atoms with van der Waals surface area (Å²) in [6.07, 6.45) is 0.846. The summed E-state index contributed by atoms with van der Waals surface area (Å²) in [5.74, 6) is 0.265. The number of nitrogen functional groups attached to an aromatic ring is 1. The number of aromatic amines is 1. The molecule has 0 unspecified atom stereocenters. The van der Waals surface area contributed by atoms with Crippen LogP contribution in [0.25, 0.3) is 0 Å². The van der Waals surface area contributed by atoms with Crippen molar-refractivity contribution in [3.63, 3.8) is 0 Å². The van der Waals surface area contributed by atoms with E-state index in [-0.39, 0.29) is 29.1 Å². The molecule has 1 aliphatic heterocycles. The number of nitrogens with zero attached hydrogens (tertiary/aromatic N) is 1. The van der Waals surface area contributed by atoms with Crippen LogP contribution < -0.4 is 22.3 Å². The minimum absolute atomic E-state index is 0.0784. The molecule has 1 fully saturated rings. The standard InChI is InChI=1S/C11H18N4O4S/c1-2-15-9(12)8(10(16)14-11(15)17)13-7-3-5-20(18,19)6-4-7/h7,13H,2-6,12H2,1H3,(H,14,16,17). The number of hydrogen-bond acceptors (Lipinski definition) is 6. The van der Waals surface area contributed by atoms with Crippen molar-refractivity contribution in [3.8, 4) is 0 Å². The van der Waals surface area contributed by atoms with Crippen LogP contribution in [0.3, 0.4) is 0 Å². The van der Waals surface area contributed by atoms with E-state index in [9.17, 15) is 18.0 Å². The number of aromatic nitrogens is 2. The van der Waals surface area contributed by atoms with E-state index in [4.69, 9.17) is 5.73 Å². The molecular weight excluding hydrogens is 284 g/mol. The fourth-order valence-electron chi connectivity index (χ4n) is 2.28. The lowest BCUT2D eigenvalue weighted by Gasteiger charge is -2.24. The maximum Gasteiger partial charge on any atom is 0.330 e. The van der Waals surface area contributed by atoms with Gasteiger partial charge in [-0.25, -0.2) is 13.2 Å². The molecule has 0 saturated carbocycles. The fraction of sp³-hybridized carbons (Fsp3) is 0.636. The van der Waals surface area contributed by atoms with Gasteiger partial charge in [0.2, 0.25) is 0 Å². The Hall–Kier alpha value is -1.77. The monoisotopic (exact) mass is 302 g/mol. The first kappa shape index (κ1) is 14.6. The maximum absolute atomic E-state index is 11.8. The quantitative estimate of drug-likeness (QED) is 0.666. The molecule has 0 radical (unpaired) electrons. The van der Waals surface area contributed by atoms with E-state index in [1.165, 1.54) is 4.57 Å². The fourth-order valence-corrected chi connectivity index (χ4v) is 3.77. The average Bonchev–Trinajstić information content (AvgIpc) is 2.36. The van der Waals surface area contributed by atoms with E-state index in [0.717, 1.165) is 0 Å². The lowest BCUT2D eigenvalue weighted by molar-refractivity contribution is 0.559. The Balaban J connectivity index is 2.27. The van der Waals surface area contributed by atoms with Gasteiger partial charge in [0, 0.05) is 12.6 Å². The van der Waals surface area contributed by atoms with E-state index in [1.807, 2.05) is 0 Å². The number of H-pyrrole nitrogens is 1. The normalized spacial score (nSPS) is 18.9. The Labute approximate surface area is 115 Å². The molecule has 20 heavy (non-hydrogen) atoms. The van der Waals surface area contributed by atoms with Crippen LogP contribution in [0.5, 0.6) is 0 Å². The van der Waals surface area contributed by atoms with Gasteiger partial charge in [0.1, 0.15) is 21.3 Å². The van der Waals surface area contributed by atoms with Gasteiger partial charge >= 0.3 is 5.69 Å². The summed E-state index contributed by atoms with van der Waals surface area (Å²) in [5.41, 5.74) is 4.84. The molecule has 0 aliphatic carbocycles. The van der Waals surface area contributed by atoms with Gasteiger partial charge in [0.05, 0.1) is 11.5 Å². The third-order valence-corrected chi connectivity index (χ3v) is 5.17. The van der Waals surface area contributed by atoms with Crippen LogP contribution in [0.4, 0.5) is 11.5 Å². The molecule has 1 saturated heterocycles. The summed E-state index contributed by atoms with van der Waals surface area (Å²) in [6, 6.07) is -0.135. The Kier molecular flexibility index (Phi) is 3.89. The number of nitrogens with two attached hydrogens (primary N) is 1. The molecule has 2 rings (SSSR count). The molecule has 0 amide bonds. The highest BCUT2D eigenvalue weighted by molar-refractivity contribution is 7.91. The largest absolute Gasteiger partial charge is 0.383 e. The molecule has 8 nitrogen and oxygen atoms in total. The Morgan fingerprint density at radius 1 is 1.35 bits per heavy atom. The zero-order chi connectivity index (χ0) is 14.9. The smallest absolute Gasteiger partial charge is 0.330 e. The van der Waals surface area contributed by atoms with Gasteiger partial charge in [-0.1, -0.05) is 0 Å². The first-order chi connectivity index (χ1) is 9.34. The average molecular weight is 302 g/mol. The number of hydrogen-bond donors (Lipinski definition) is 3. The summed E-state index contributed by atoms with van der Waals surface area (Å²) in [7, 11) is -2.96. The van der Waals surface area contributed by atoms with Crippen molar-refractivity contribution in [2.24, 2.45) is 0 Å². The molecule has 1 aliphatic rings. The highest BCUT2D eigenvalue weighted by atomic mass is 32.2. The molecule has 112 valence electrons. The SMILES string of the molecule is CCn1c(N)c(NC2CCS(=O)(=O)CC2)c(=O)[nH]c1=O.